The van der Waals surface area contributed by atoms with Crippen LogP contribution in [-0.4, -0.2) is 15.1 Å². The Kier molecular flexibility index (Phi) is 4.08. The Hall–Kier alpha value is -1.27. The Bertz CT molecular complexity index is 508. The second kappa shape index (κ2) is 5.58. The third-order valence-electron chi connectivity index (χ3n) is 3.03. The number of nitrogens with two attached hydrogens (primary N) is 1. The van der Waals surface area contributed by atoms with Crippen LogP contribution in [0.2, 0.25) is 0 Å². The van der Waals surface area contributed by atoms with E-state index in [1.807, 2.05) is 12.3 Å². The van der Waals surface area contributed by atoms with Crippen LogP contribution < -0.4 is 5.73 Å². The first-order chi connectivity index (χ1) is 8.60. The molecule has 0 bridgehead atoms. The van der Waals surface area contributed by atoms with Gasteiger partial charge in [-0.05, 0) is 12.8 Å². The average molecular weight is 266 g/mol. The quantitative estimate of drug-likeness (QED) is 0.899. The topological polar surface area (TPSA) is 77.8 Å². The van der Waals surface area contributed by atoms with Crippen molar-refractivity contribution in [1.82, 2.24) is 15.1 Å². The van der Waals surface area contributed by atoms with Crippen LogP contribution in [-0.2, 0) is 6.42 Å². The van der Waals surface area contributed by atoms with Gasteiger partial charge in [0.15, 0.2) is 5.82 Å². The lowest BCUT2D eigenvalue weighted by molar-refractivity contribution is 0.310. The van der Waals surface area contributed by atoms with Crippen molar-refractivity contribution < 1.29 is 4.52 Å². The lowest BCUT2D eigenvalue weighted by Gasteiger charge is -2.12. The molecular weight excluding hydrogens is 248 g/mol. The largest absolute Gasteiger partial charge is 0.338 e. The molecule has 0 amide bonds. The molecule has 2 rings (SSSR count). The van der Waals surface area contributed by atoms with Gasteiger partial charge in [-0.25, -0.2) is 4.98 Å². The number of hydrogen-bond acceptors (Lipinski definition) is 6. The van der Waals surface area contributed by atoms with E-state index in [-0.39, 0.29) is 6.04 Å². The fourth-order valence-corrected chi connectivity index (χ4v) is 2.24. The SMILES string of the molecule is CCC(C)C(N)c1nc(Cc2csc(C)n2)no1. The van der Waals surface area contributed by atoms with Crippen molar-refractivity contribution in [2.45, 2.75) is 39.7 Å². The van der Waals surface area contributed by atoms with Crippen molar-refractivity contribution in [2.24, 2.45) is 11.7 Å². The monoisotopic (exact) mass is 266 g/mol. The Balaban J connectivity index is 2.06. The molecule has 0 aliphatic carbocycles. The number of aryl methyl sites for hydroxylation is 1. The number of nitrogens with zero attached hydrogens (tertiary/aromatic N) is 3. The van der Waals surface area contributed by atoms with Gasteiger partial charge in [0.2, 0.25) is 5.89 Å². The maximum Gasteiger partial charge on any atom is 0.243 e. The molecule has 6 heteroatoms. The van der Waals surface area contributed by atoms with Crippen molar-refractivity contribution in [3.05, 3.63) is 27.8 Å². The summed E-state index contributed by atoms with van der Waals surface area (Å²) in [6.07, 6.45) is 1.59. The molecule has 2 aromatic heterocycles. The fraction of sp³-hybridized carbons (Fsp3) is 0.583. The van der Waals surface area contributed by atoms with Gasteiger partial charge >= 0.3 is 0 Å². The van der Waals surface area contributed by atoms with Crippen molar-refractivity contribution in [3.8, 4) is 0 Å². The predicted octanol–water partition coefficient (Wildman–Crippen LogP) is 2.47. The molecule has 2 heterocycles. The molecule has 0 aliphatic rings. The van der Waals surface area contributed by atoms with E-state index in [1.165, 1.54) is 0 Å². The molecule has 0 aromatic carbocycles. The predicted molar refractivity (Wildman–Crippen MR) is 70.3 cm³/mol. The number of aromatic nitrogens is 3. The smallest absolute Gasteiger partial charge is 0.243 e. The van der Waals surface area contributed by atoms with Crippen LogP contribution in [0.5, 0.6) is 0 Å². The van der Waals surface area contributed by atoms with E-state index in [0.717, 1.165) is 17.1 Å². The summed E-state index contributed by atoms with van der Waals surface area (Å²) in [5.41, 5.74) is 7.02. The van der Waals surface area contributed by atoms with E-state index in [4.69, 9.17) is 10.3 Å². The Morgan fingerprint density at radius 1 is 1.44 bits per heavy atom. The Morgan fingerprint density at radius 2 is 2.22 bits per heavy atom. The molecule has 2 N–H and O–H groups in total. The molecule has 18 heavy (non-hydrogen) atoms. The second-order valence-electron chi connectivity index (χ2n) is 4.49. The minimum Gasteiger partial charge on any atom is -0.338 e. The van der Waals surface area contributed by atoms with Crippen molar-refractivity contribution >= 4 is 11.3 Å². The van der Waals surface area contributed by atoms with Crippen molar-refractivity contribution in [1.29, 1.82) is 0 Å². The molecule has 2 unspecified atom stereocenters. The maximum absolute atomic E-state index is 6.05. The molecule has 98 valence electrons. The molecule has 0 aliphatic heterocycles. The summed E-state index contributed by atoms with van der Waals surface area (Å²) < 4.78 is 5.22. The van der Waals surface area contributed by atoms with Gasteiger partial charge in [-0.2, -0.15) is 4.98 Å². The lowest BCUT2D eigenvalue weighted by atomic mass is 10.0. The molecule has 0 saturated carbocycles. The normalized spacial score (nSPS) is 14.7. The standard InChI is InChI=1S/C12H18N4OS/c1-4-7(2)11(13)12-15-10(16-17-12)5-9-6-18-8(3)14-9/h6-7,11H,4-5,13H2,1-3H3. The van der Waals surface area contributed by atoms with Crippen LogP contribution in [0.1, 0.15) is 48.7 Å². The van der Waals surface area contributed by atoms with Crippen molar-refractivity contribution in [2.75, 3.05) is 0 Å². The van der Waals surface area contributed by atoms with E-state index >= 15 is 0 Å². The summed E-state index contributed by atoms with van der Waals surface area (Å²) in [4.78, 5) is 8.72. The number of hydrogen-bond donors (Lipinski definition) is 1. The maximum atomic E-state index is 6.05. The van der Waals surface area contributed by atoms with E-state index in [0.29, 0.717) is 24.1 Å². The summed E-state index contributed by atoms with van der Waals surface area (Å²) in [5.74, 6) is 1.50. The molecule has 5 nitrogen and oxygen atoms in total. The molecular formula is C12H18N4OS. The van der Waals surface area contributed by atoms with Gasteiger partial charge in [-0.3, -0.25) is 0 Å². The summed E-state index contributed by atoms with van der Waals surface area (Å²) in [6.45, 7) is 6.16. The first-order valence-corrected chi connectivity index (χ1v) is 6.97. The third kappa shape index (κ3) is 2.94. The minimum absolute atomic E-state index is 0.187. The highest BCUT2D eigenvalue weighted by Gasteiger charge is 2.20. The Morgan fingerprint density at radius 3 is 2.83 bits per heavy atom. The van der Waals surface area contributed by atoms with Crippen LogP contribution in [0.3, 0.4) is 0 Å². The number of thiazole rings is 1. The zero-order valence-corrected chi connectivity index (χ0v) is 11.7. The van der Waals surface area contributed by atoms with Crippen LogP contribution >= 0.6 is 11.3 Å². The van der Waals surface area contributed by atoms with Gasteiger partial charge in [0.25, 0.3) is 0 Å². The zero-order chi connectivity index (χ0) is 13.1. The molecule has 2 atom stereocenters. The highest BCUT2D eigenvalue weighted by atomic mass is 32.1. The van der Waals surface area contributed by atoms with Gasteiger partial charge in [0.1, 0.15) is 0 Å². The van der Waals surface area contributed by atoms with Crippen LogP contribution in [0.15, 0.2) is 9.90 Å². The van der Waals surface area contributed by atoms with Crippen LogP contribution in [0.25, 0.3) is 0 Å². The van der Waals surface area contributed by atoms with Gasteiger partial charge < -0.3 is 10.3 Å². The summed E-state index contributed by atoms with van der Waals surface area (Å²) in [6, 6.07) is -0.187. The average Bonchev–Trinajstić information content (AvgIpc) is 2.97. The molecule has 2 aromatic rings. The molecule has 0 radical (unpaired) electrons. The van der Waals surface area contributed by atoms with E-state index in [1.54, 1.807) is 11.3 Å². The second-order valence-corrected chi connectivity index (χ2v) is 5.56. The highest BCUT2D eigenvalue weighted by Crippen LogP contribution is 2.20. The summed E-state index contributed by atoms with van der Waals surface area (Å²) in [5, 5.41) is 7.02. The fourth-order valence-electron chi connectivity index (χ4n) is 1.62. The number of rotatable bonds is 5. The first kappa shape index (κ1) is 13.2. The molecule has 0 saturated heterocycles. The van der Waals surface area contributed by atoms with E-state index < -0.39 is 0 Å². The van der Waals surface area contributed by atoms with Gasteiger partial charge in [-0.1, -0.05) is 25.4 Å². The van der Waals surface area contributed by atoms with Gasteiger partial charge in [0, 0.05) is 5.38 Å². The van der Waals surface area contributed by atoms with E-state index in [9.17, 15) is 0 Å². The van der Waals surface area contributed by atoms with Gasteiger partial charge in [-0.15, -0.1) is 11.3 Å². The zero-order valence-electron chi connectivity index (χ0n) is 10.9. The van der Waals surface area contributed by atoms with Crippen molar-refractivity contribution in [3.63, 3.8) is 0 Å². The highest BCUT2D eigenvalue weighted by molar-refractivity contribution is 7.09. The third-order valence-corrected chi connectivity index (χ3v) is 3.85. The first-order valence-electron chi connectivity index (χ1n) is 6.09. The molecule has 0 spiro atoms. The lowest BCUT2D eigenvalue weighted by Crippen LogP contribution is -2.18. The Labute approximate surface area is 110 Å². The minimum atomic E-state index is -0.187. The summed E-state index contributed by atoms with van der Waals surface area (Å²) >= 11 is 1.62. The van der Waals surface area contributed by atoms with Crippen LogP contribution in [0.4, 0.5) is 0 Å². The van der Waals surface area contributed by atoms with Crippen LogP contribution in [0, 0.1) is 12.8 Å². The van der Waals surface area contributed by atoms with Gasteiger partial charge in [0.05, 0.1) is 23.2 Å². The molecule has 0 fully saturated rings. The summed E-state index contributed by atoms with van der Waals surface area (Å²) in [7, 11) is 0. The van der Waals surface area contributed by atoms with E-state index in [2.05, 4.69) is 29.0 Å².